The molecule has 0 amide bonds. The lowest BCUT2D eigenvalue weighted by Gasteiger charge is -2.29. The lowest BCUT2D eigenvalue weighted by atomic mass is 10.0. The molecule has 0 radical (unpaired) electrons. The van der Waals surface area contributed by atoms with E-state index in [2.05, 4.69) is 46.6 Å². The van der Waals surface area contributed by atoms with Crippen molar-refractivity contribution in [3.05, 3.63) is 100 Å². The highest BCUT2D eigenvalue weighted by Crippen LogP contribution is 2.39. The van der Waals surface area contributed by atoms with Crippen LogP contribution in [0.25, 0.3) is 44.6 Å². The Labute approximate surface area is 259 Å². The average Bonchev–Trinajstić information content (AvgIpc) is 3.55. The van der Waals surface area contributed by atoms with Gasteiger partial charge in [-0.1, -0.05) is 64.0 Å². The summed E-state index contributed by atoms with van der Waals surface area (Å²) in [5.41, 5.74) is 7.48. The van der Waals surface area contributed by atoms with Crippen LogP contribution in [0.2, 0.25) is 10.3 Å². The Bertz CT molecular complexity index is 1930. The van der Waals surface area contributed by atoms with Crippen molar-refractivity contribution in [3.8, 4) is 22.8 Å². The average molecular weight is 702 g/mol. The summed E-state index contributed by atoms with van der Waals surface area (Å²) in [7, 11) is 1.99. The maximum Gasteiger partial charge on any atom is 0.132 e. The van der Waals surface area contributed by atoms with Gasteiger partial charge in [0.15, 0.2) is 0 Å². The number of fused-ring (bicyclic) bond motifs is 10. The fourth-order valence-electron chi connectivity index (χ4n) is 5.62. The molecule has 6 heterocycles. The monoisotopic (exact) mass is 701 g/mol. The Morgan fingerprint density at radius 2 is 1.29 bits per heavy atom. The molecule has 0 N–H and O–H groups in total. The number of halogens is 5. The Hall–Kier alpha value is -3.21. The summed E-state index contributed by atoms with van der Waals surface area (Å²) in [6.07, 6.45) is 0.896. The normalized spacial score (nSPS) is 12.9. The Kier molecular flexibility index (Phi) is 7.65. The van der Waals surface area contributed by atoms with Gasteiger partial charge in [-0.25, -0.2) is 18.7 Å². The topological polar surface area (TPSA) is 38.9 Å². The van der Waals surface area contributed by atoms with Gasteiger partial charge in [-0.2, -0.15) is 0 Å². The van der Waals surface area contributed by atoms with E-state index in [1.54, 1.807) is 24.3 Å². The SMILES string of the molecule is CI.CN1Cn2c(cc3c(F)cccc32)-c2nc(Cl)ccc21.Fc1cccc2c1cc1n2CCc2ccc(Cl)nc2-1. The number of pyridine rings is 2. The van der Waals surface area contributed by atoms with Crippen LogP contribution in [0, 0.1) is 11.6 Å². The molecule has 0 atom stereocenters. The first-order chi connectivity index (χ1) is 19.9. The van der Waals surface area contributed by atoms with Crippen LogP contribution in [-0.2, 0) is 19.6 Å². The van der Waals surface area contributed by atoms with Crippen molar-refractivity contribution >= 4 is 73.3 Å². The van der Waals surface area contributed by atoms with Crippen LogP contribution in [0.3, 0.4) is 0 Å². The summed E-state index contributed by atoms with van der Waals surface area (Å²) >= 11 is 14.1. The fraction of sp³-hybridized carbons (Fsp3) is 0.161. The summed E-state index contributed by atoms with van der Waals surface area (Å²) in [4.78, 5) is 12.9. The van der Waals surface area contributed by atoms with E-state index >= 15 is 0 Å². The third-order valence-corrected chi connectivity index (χ3v) is 7.85. The van der Waals surface area contributed by atoms with Crippen LogP contribution in [0.15, 0.2) is 72.8 Å². The van der Waals surface area contributed by atoms with Crippen LogP contribution in [0.4, 0.5) is 14.5 Å². The molecule has 208 valence electrons. The Morgan fingerprint density at radius 3 is 1.95 bits per heavy atom. The largest absolute Gasteiger partial charge is 0.355 e. The predicted octanol–water partition coefficient (Wildman–Crippen LogP) is 9.01. The quantitative estimate of drug-likeness (QED) is 0.0902. The van der Waals surface area contributed by atoms with E-state index in [0.717, 1.165) is 52.5 Å². The third kappa shape index (κ3) is 4.85. The number of alkyl halides is 1. The number of anilines is 1. The van der Waals surface area contributed by atoms with Gasteiger partial charge in [0, 0.05) is 24.4 Å². The number of aryl methyl sites for hydroxylation is 2. The summed E-state index contributed by atoms with van der Waals surface area (Å²) in [6.45, 7) is 1.51. The fourth-order valence-corrected chi connectivity index (χ4v) is 5.91. The molecule has 2 aromatic carbocycles. The maximum absolute atomic E-state index is 14.0. The first kappa shape index (κ1) is 27.9. The van der Waals surface area contributed by atoms with Crippen molar-refractivity contribution in [1.29, 1.82) is 0 Å². The second-order valence-electron chi connectivity index (χ2n) is 9.72. The molecule has 0 fully saturated rings. The molecule has 6 aromatic rings. The van der Waals surface area contributed by atoms with E-state index in [9.17, 15) is 8.78 Å². The second kappa shape index (κ2) is 11.2. The van der Waals surface area contributed by atoms with E-state index in [1.807, 2.05) is 48.4 Å². The van der Waals surface area contributed by atoms with Gasteiger partial charge in [0.1, 0.15) is 27.6 Å². The molecule has 0 spiro atoms. The number of aromatic nitrogens is 4. The van der Waals surface area contributed by atoms with Gasteiger partial charge in [0.25, 0.3) is 0 Å². The van der Waals surface area contributed by atoms with Crippen LogP contribution < -0.4 is 4.90 Å². The first-order valence-electron chi connectivity index (χ1n) is 12.9. The zero-order valence-electron chi connectivity index (χ0n) is 22.2. The zero-order chi connectivity index (χ0) is 28.8. The zero-order valence-corrected chi connectivity index (χ0v) is 25.8. The van der Waals surface area contributed by atoms with Gasteiger partial charge in [0.2, 0.25) is 0 Å². The molecule has 0 bridgehead atoms. The van der Waals surface area contributed by atoms with Crippen LogP contribution in [-0.4, -0.2) is 31.1 Å². The molecule has 41 heavy (non-hydrogen) atoms. The maximum atomic E-state index is 14.0. The van der Waals surface area contributed by atoms with Gasteiger partial charge in [-0.3, -0.25) is 0 Å². The Morgan fingerprint density at radius 1 is 0.732 bits per heavy atom. The van der Waals surface area contributed by atoms with Gasteiger partial charge in [0.05, 0.1) is 40.5 Å². The van der Waals surface area contributed by atoms with Gasteiger partial charge in [-0.05, 0) is 71.5 Å². The predicted molar refractivity (Wildman–Crippen MR) is 172 cm³/mol. The van der Waals surface area contributed by atoms with Crippen molar-refractivity contribution in [2.45, 2.75) is 19.6 Å². The number of rotatable bonds is 0. The van der Waals surface area contributed by atoms with Crippen LogP contribution in [0.1, 0.15) is 5.56 Å². The van der Waals surface area contributed by atoms with Crippen LogP contribution >= 0.6 is 45.8 Å². The Balaban J connectivity index is 0.000000139. The highest BCUT2D eigenvalue weighted by atomic mass is 127. The highest BCUT2D eigenvalue weighted by molar-refractivity contribution is 14.1. The van der Waals surface area contributed by atoms with Crippen molar-refractivity contribution in [1.82, 2.24) is 19.1 Å². The molecule has 2 aliphatic heterocycles. The molecular weight excluding hydrogens is 678 g/mol. The van der Waals surface area contributed by atoms with Crippen molar-refractivity contribution < 1.29 is 8.78 Å². The number of hydrogen-bond donors (Lipinski definition) is 0. The molecule has 2 aliphatic rings. The highest BCUT2D eigenvalue weighted by Gasteiger charge is 2.24. The lowest BCUT2D eigenvalue weighted by Crippen LogP contribution is -2.26. The molecule has 4 aromatic heterocycles. The third-order valence-electron chi connectivity index (χ3n) is 7.42. The van der Waals surface area contributed by atoms with Crippen molar-refractivity contribution in [2.75, 3.05) is 16.9 Å². The van der Waals surface area contributed by atoms with E-state index in [0.29, 0.717) is 27.7 Å². The number of nitrogens with zero attached hydrogens (tertiary/aromatic N) is 5. The molecular formula is C31H24Cl2F2IN5. The minimum atomic E-state index is -0.212. The van der Waals surface area contributed by atoms with Crippen LogP contribution in [0.5, 0.6) is 0 Å². The van der Waals surface area contributed by atoms with E-state index in [4.69, 9.17) is 23.2 Å². The standard InChI is InChI=1S/C15H11ClFN3.C15H10ClFN2.CH3I/c1-19-8-20-11-4-2-3-10(17)9(11)7-13(20)15-12(19)5-6-14(16)18-15;16-14-5-4-9-6-7-19-12-3-1-2-11(17)10(12)8-13(19)15(9)18-14;1-2/h2-7H,8H2,1H3;1-5,8H,6-7H2;1H3. The number of hydrogen-bond acceptors (Lipinski definition) is 3. The number of benzene rings is 2. The van der Waals surface area contributed by atoms with Gasteiger partial charge >= 0.3 is 0 Å². The first-order valence-corrected chi connectivity index (χ1v) is 15.8. The molecule has 5 nitrogen and oxygen atoms in total. The van der Waals surface area contributed by atoms with E-state index in [-0.39, 0.29) is 11.6 Å². The summed E-state index contributed by atoms with van der Waals surface area (Å²) < 4.78 is 32.0. The van der Waals surface area contributed by atoms with Gasteiger partial charge in [-0.15, -0.1) is 0 Å². The van der Waals surface area contributed by atoms with Gasteiger partial charge < -0.3 is 14.0 Å². The smallest absolute Gasteiger partial charge is 0.132 e. The van der Waals surface area contributed by atoms with Crippen molar-refractivity contribution in [2.24, 2.45) is 0 Å². The molecule has 8 rings (SSSR count). The second-order valence-corrected chi connectivity index (χ2v) is 10.5. The summed E-state index contributed by atoms with van der Waals surface area (Å²) in [6, 6.07) is 21.5. The van der Waals surface area contributed by atoms with Crippen molar-refractivity contribution in [3.63, 3.8) is 0 Å². The minimum absolute atomic E-state index is 0.192. The molecule has 0 saturated heterocycles. The molecule has 0 unspecified atom stereocenters. The molecule has 10 heteroatoms. The summed E-state index contributed by atoms with van der Waals surface area (Å²) in [5, 5.41) is 2.17. The van der Waals surface area contributed by atoms with E-state index in [1.165, 1.54) is 17.7 Å². The molecule has 0 aliphatic carbocycles. The molecule has 0 saturated carbocycles. The minimum Gasteiger partial charge on any atom is -0.355 e. The summed E-state index contributed by atoms with van der Waals surface area (Å²) in [5.74, 6) is -0.404. The van der Waals surface area contributed by atoms with E-state index < -0.39 is 0 Å². The lowest BCUT2D eigenvalue weighted by molar-refractivity contribution is 0.638.